The number of ether oxygens (including phenoxy) is 1. The van der Waals surface area contributed by atoms with Crippen LogP contribution in [0.25, 0.3) is 0 Å². The SMILES string of the molecule is CCNC(=O)CNC(=O)COC(=O)[C@H]1CS[C@@]2(C)CCC(=O)N12. The average Bonchev–Trinajstić information content (AvgIpc) is 3.00. The van der Waals surface area contributed by atoms with E-state index in [0.29, 0.717) is 25.1 Å². The maximum absolute atomic E-state index is 12.1. The van der Waals surface area contributed by atoms with E-state index in [0.717, 1.165) is 0 Å². The van der Waals surface area contributed by atoms with Crippen LogP contribution in [0.3, 0.4) is 0 Å². The lowest BCUT2D eigenvalue weighted by molar-refractivity contribution is -0.156. The molecule has 3 amide bonds. The Balaban J connectivity index is 1.78. The van der Waals surface area contributed by atoms with E-state index in [-0.39, 0.29) is 23.2 Å². The van der Waals surface area contributed by atoms with Crippen LogP contribution in [0, 0.1) is 0 Å². The molecule has 2 heterocycles. The van der Waals surface area contributed by atoms with Crippen molar-refractivity contribution in [3.05, 3.63) is 0 Å². The standard InChI is InChI=1S/C14H21N3O5S/c1-3-15-10(18)6-16-11(19)7-22-13(21)9-8-23-14(2)5-4-12(20)17(9)14/h9H,3-8H2,1-2H3,(H,15,18)(H,16,19)/t9-,14+/m1/s1. The number of nitrogens with zero attached hydrogens (tertiary/aromatic N) is 1. The summed E-state index contributed by atoms with van der Waals surface area (Å²) < 4.78 is 4.99. The average molecular weight is 343 g/mol. The predicted molar refractivity (Wildman–Crippen MR) is 83.4 cm³/mol. The highest BCUT2D eigenvalue weighted by atomic mass is 32.2. The summed E-state index contributed by atoms with van der Waals surface area (Å²) in [5, 5.41) is 4.90. The number of amides is 3. The summed E-state index contributed by atoms with van der Waals surface area (Å²) in [6.45, 7) is 3.57. The number of fused-ring (bicyclic) bond motifs is 1. The molecule has 2 N–H and O–H groups in total. The zero-order valence-electron chi connectivity index (χ0n) is 13.2. The van der Waals surface area contributed by atoms with E-state index in [1.54, 1.807) is 23.6 Å². The van der Waals surface area contributed by atoms with Gasteiger partial charge in [-0.1, -0.05) is 0 Å². The van der Waals surface area contributed by atoms with Gasteiger partial charge in [0.05, 0.1) is 11.4 Å². The van der Waals surface area contributed by atoms with Crippen LogP contribution in [0.1, 0.15) is 26.7 Å². The van der Waals surface area contributed by atoms with Crippen LogP contribution >= 0.6 is 11.8 Å². The summed E-state index contributed by atoms with van der Waals surface area (Å²) in [5.74, 6) is -1.02. The molecule has 0 aromatic carbocycles. The molecule has 0 aromatic heterocycles. The van der Waals surface area contributed by atoms with Crippen LogP contribution in [-0.4, -0.2) is 65.0 Å². The van der Waals surface area contributed by atoms with Crippen molar-refractivity contribution in [3.63, 3.8) is 0 Å². The Labute approximate surface area is 138 Å². The number of hydrogen-bond acceptors (Lipinski definition) is 6. The molecule has 128 valence electrons. The fourth-order valence-electron chi connectivity index (χ4n) is 2.72. The highest BCUT2D eigenvalue weighted by Gasteiger charge is 2.53. The molecule has 2 atom stereocenters. The van der Waals surface area contributed by atoms with Gasteiger partial charge in [-0.25, -0.2) is 4.79 Å². The Hall–Kier alpha value is -1.77. The van der Waals surface area contributed by atoms with Gasteiger partial charge in [-0.3, -0.25) is 14.4 Å². The molecule has 0 unspecified atom stereocenters. The van der Waals surface area contributed by atoms with Crippen LogP contribution in [-0.2, 0) is 23.9 Å². The maximum atomic E-state index is 12.1. The largest absolute Gasteiger partial charge is 0.454 e. The second-order valence-corrected chi connectivity index (χ2v) is 7.11. The van der Waals surface area contributed by atoms with Crippen LogP contribution < -0.4 is 10.6 Å². The maximum Gasteiger partial charge on any atom is 0.330 e. The van der Waals surface area contributed by atoms with E-state index >= 15 is 0 Å². The molecule has 0 aliphatic carbocycles. The van der Waals surface area contributed by atoms with Crippen LogP contribution in [0.2, 0.25) is 0 Å². The third-order valence-corrected chi connectivity index (χ3v) is 5.39. The first-order valence-electron chi connectivity index (χ1n) is 7.53. The van der Waals surface area contributed by atoms with Gasteiger partial charge < -0.3 is 20.3 Å². The number of hydrogen-bond donors (Lipinski definition) is 2. The number of esters is 1. The topological polar surface area (TPSA) is 105 Å². The fourth-order valence-corrected chi connectivity index (χ4v) is 4.13. The van der Waals surface area contributed by atoms with E-state index < -0.39 is 24.5 Å². The minimum Gasteiger partial charge on any atom is -0.454 e. The van der Waals surface area contributed by atoms with E-state index in [2.05, 4.69) is 10.6 Å². The van der Waals surface area contributed by atoms with Gasteiger partial charge >= 0.3 is 5.97 Å². The molecule has 2 saturated heterocycles. The van der Waals surface area contributed by atoms with Crippen LogP contribution in [0.5, 0.6) is 0 Å². The second-order valence-electron chi connectivity index (χ2n) is 5.60. The number of carbonyl (C=O) groups is 4. The summed E-state index contributed by atoms with van der Waals surface area (Å²) >= 11 is 1.56. The summed E-state index contributed by atoms with van der Waals surface area (Å²) in [6, 6.07) is -0.642. The number of likely N-dealkylation sites (N-methyl/N-ethyl adjacent to an activating group) is 1. The van der Waals surface area contributed by atoms with Gasteiger partial charge in [0.25, 0.3) is 5.91 Å². The Morgan fingerprint density at radius 1 is 1.35 bits per heavy atom. The van der Waals surface area contributed by atoms with E-state index in [4.69, 9.17) is 4.74 Å². The molecular weight excluding hydrogens is 322 g/mol. The lowest BCUT2D eigenvalue weighted by atomic mass is 10.2. The van der Waals surface area contributed by atoms with Gasteiger partial charge in [0.15, 0.2) is 6.61 Å². The first-order valence-corrected chi connectivity index (χ1v) is 8.52. The fraction of sp³-hybridized carbons (Fsp3) is 0.714. The van der Waals surface area contributed by atoms with Crippen molar-refractivity contribution in [1.29, 1.82) is 0 Å². The second kappa shape index (κ2) is 7.20. The smallest absolute Gasteiger partial charge is 0.330 e. The first-order chi connectivity index (χ1) is 10.9. The minimum absolute atomic E-state index is 0.0554. The third kappa shape index (κ3) is 3.95. The van der Waals surface area contributed by atoms with Crippen molar-refractivity contribution < 1.29 is 23.9 Å². The monoisotopic (exact) mass is 343 g/mol. The van der Waals surface area contributed by atoms with Gasteiger partial charge in [0.2, 0.25) is 11.8 Å². The van der Waals surface area contributed by atoms with Gasteiger partial charge in [-0.15, -0.1) is 11.8 Å². The lowest BCUT2D eigenvalue weighted by Crippen LogP contribution is -2.47. The zero-order chi connectivity index (χ0) is 17.0. The van der Waals surface area contributed by atoms with E-state index in [1.807, 2.05) is 6.92 Å². The normalized spacial score (nSPS) is 25.9. The quantitative estimate of drug-likeness (QED) is 0.614. The van der Waals surface area contributed by atoms with Crippen molar-refractivity contribution in [2.75, 3.05) is 25.4 Å². The summed E-state index contributed by atoms with van der Waals surface area (Å²) in [6.07, 6.45) is 1.15. The molecule has 0 spiro atoms. The predicted octanol–water partition coefficient (Wildman–Crippen LogP) is -0.764. The van der Waals surface area contributed by atoms with Crippen molar-refractivity contribution in [1.82, 2.24) is 15.5 Å². The first kappa shape index (κ1) is 17.6. The molecule has 2 rings (SSSR count). The minimum atomic E-state index is -0.642. The molecule has 8 nitrogen and oxygen atoms in total. The third-order valence-electron chi connectivity index (χ3n) is 3.88. The molecule has 23 heavy (non-hydrogen) atoms. The van der Waals surface area contributed by atoms with Crippen molar-refractivity contribution in [3.8, 4) is 0 Å². The summed E-state index contributed by atoms with van der Waals surface area (Å²) in [4.78, 5) is 48.1. The molecule has 0 radical (unpaired) electrons. The van der Waals surface area contributed by atoms with E-state index in [1.165, 1.54) is 0 Å². The molecule has 2 aliphatic rings. The van der Waals surface area contributed by atoms with E-state index in [9.17, 15) is 19.2 Å². The Morgan fingerprint density at radius 3 is 2.78 bits per heavy atom. The van der Waals surface area contributed by atoms with Crippen molar-refractivity contribution in [2.45, 2.75) is 37.6 Å². The summed E-state index contributed by atoms with van der Waals surface area (Å²) in [5.41, 5.74) is 0. The molecule has 2 aliphatic heterocycles. The van der Waals surface area contributed by atoms with Gasteiger partial charge in [0, 0.05) is 18.7 Å². The zero-order valence-corrected chi connectivity index (χ0v) is 14.0. The highest BCUT2D eigenvalue weighted by molar-refractivity contribution is 8.01. The molecule has 0 bridgehead atoms. The van der Waals surface area contributed by atoms with Crippen LogP contribution in [0.4, 0.5) is 0 Å². The van der Waals surface area contributed by atoms with Crippen molar-refractivity contribution >= 4 is 35.5 Å². The number of thioether (sulfide) groups is 1. The molecule has 0 saturated carbocycles. The van der Waals surface area contributed by atoms with Crippen molar-refractivity contribution in [2.24, 2.45) is 0 Å². The van der Waals surface area contributed by atoms with Crippen LogP contribution in [0.15, 0.2) is 0 Å². The number of nitrogens with one attached hydrogen (secondary N) is 2. The lowest BCUT2D eigenvalue weighted by Gasteiger charge is -2.29. The highest BCUT2D eigenvalue weighted by Crippen LogP contribution is 2.47. The molecular formula is C14H21N3O5S. The number of carbonyl (C=O) groups excluding carboxylic acids is 4. The Kier molecular flexibility index (Phi) is 5.51. The van der Waals surface area contributed by atoms with Gasteiger partial charge in [-0.2, -0.15) is 0 Å². The Morgan fingerprint density at radius 2 is 2.09 bits per heavy atom. The van der Waals surface area contributed by atoms with Gasteiger partial charge in [0.1, 0.15) is 6.04 Å². The number of rotatable bonds is 6. The molecule has 9 heteroatoms. The molecule has 2 fully saturated rings. The van der Waals surface area contributed by atoms with Gasteiger partial charge in [-0.05, 0) is 20.3 Å². The summed E-state index contributed by atoms with van der Waals surface area (Å²) in [7, 11) is 0. The molecule has 0 aromatic rings. The Bertz CT molecular complexity index is 527.